The summed E-state index contributed by atoms with van der Waals surface area (Å²) >= 11 is 0. The maximum atomic E-state index is 11.9. The van der Waals surface area contributed by atoms with Crippen LogP contribution in [0.25, 0.3) is 0 Å². The SMILES string of the molecule is CCOc1ccc(NC(=O)CCC(=O)OCC(=O)Nc2cc(C)cc(C)c2)cc1. The van der Waals surface area contributed by atoms with Gasteiger partial charge < -0.3 is 20.1 Å². The van der Waals surface area contributed by atoms with E-state index >= 15 is 0 Å². The van der Waals surface area contributed by atoms with E-state index in [-0.39, 0.29) is 18.7 Å². The topological polar surface area (TPSA) is 93.7 Å². The average molecular weight is 398 g/mol. The fourth-order valence-electron chi connectivity index (χ4n) is 2.70. The summed E-state index contributed by atoms with van der Waals surface area (Å²) in [6.07, 6.45) is -0.148. The lowest BCUT2D eigenvalue weighted by Gasteiger charge is -2.09. The molecule has 0 aliphatic heterocycles. The maximum absolute atomic E-state index is 11.9. The smallest absolute Gasteiger partial charge is 0.306 e. The Labute approximate surface area is 170 Å². The summed E-state index contributed by atoms with van der Waals surface area (Å²) in [5.41, 5.74) is 3.31. The van der Waals surface area contributed by atoms with Gasteiger partial charge >= 0.3 is 5.97 Å². The summed E-state index contributed by atoms with van der Waals surface area (Å²) in [5, 5.41) is 5.38. The molecule has 2 aromatic rings. The number of hydrogen-bond donors (Lipinski definition) is 2. The first-order valence-electron chi connectivity index (χ1n) is 9.42. The van der Waals surface area contributed by atoms with E-state index in [1.54, 1.807) is 24.3 Å². The van der Waals surface area contributed by atoms with E-state index < -0.39 is 18.5 Å². The lowest BCUT2D eigenvalue weighted by molar-refractivity contribution is -0.147. The van der Waals surface area contributed by atoms with Gasteiger partial charge in [-0.15, -0.1) is 0 Å². The van der Waals surface area contributed by atoms with Gasteiger partial charge in [-0.3, -0.25) is 14.4 Å². The molecule has 2 amide bonds. The van der Waals surface area contributed by atoms with E-state index in [0.717, 1.165) is 11.1 Å². The molecule has 0 aromatic heterocycles. The van der Waals surface area contributed by atoms with Gasteiger partial charge in [-0.25, -0.2) is 0 Å². The second-order valence-electron chi connectivity index (χ2n) is 6.59. The van der Waals surface area contributed by atoms with Gasteiger partial charge in [0.05, 0.1) is 13.0 Å². The van der Waals surface area contributed by atoms with Crippen molar-refractivity contribution in [2.75, 3.05) is 23.8 Å². The van der Waals surface area contributed by atoms with Crippen LogP contribution in [0.5, 0.6) is 5.75 Å². The number of rotatable bonds is 9. The molecule has 7 nitrogen and oxygen atoms in total. The first-order valence-corrected chi connectivity index (χ1v) is 9.42. The minimum absolute atomic E-state index is 0.0370. The molecule has 0 saturated carbocycles. The Morgan fingerprint density at radius 1 is 0.828 bits per heavy atom. The molecule has 0 saturated heterocycles. The molecule has 0 atom stereocenters. The highest BCUT2D eigenvalue weighted by molar-refractivity contribution is 5.94. The number of carbonyl (C=O) groups is 3. The maximum Gasteiger partial charge on any atom is 0.306 e. The van der Waals surface area contributed by atoms with Gasteiger partial charge in [-0.2, -0.15) is 0 Å². The van der Waals surface area contributed by atoms with Crippen molar-refractivity contribution in [1.82, 2.24) is 0 Å². The van der Waals surface area contributed by atoms with Crippen LogP contribution >= 0.6 is 0 Å². The van der Waals surface area contributed by atoms with Gasteiger partial charge in [-0.05, 0) is 68.3 Å². The first kappa shape index (κ1) is 21.9. The predicted molar refractivity (Wildman–Crippen MR) is 111 cm³/mol. The number of ether oxygens (including phenoxy) is 2. The molecular weight excluding hydrogens is 372 g/mol. The highest BCUT2D eigenvalue weighted by Gasteiger charge is 2.11. The number of anilines is 2. The molecular formula is C22H26N2O5. The fraction of sp³-hybridized carbons (Fsp3) is 0.318. The molecule has 2 rings (SSSR count). The quantitative estimate of drug-likeness (QED) is 0.630. The molecule has 0 fully saturated rings. The minimum atomic E-state index is -0.609. The van der Waals surface area contributed by atoms with Crippen molar-refractivity contribution in [3.05, 3.63) is 53.6 Å². The molecule has 0 aliphatic rings. The molecule has 0 aliphatic carbocycles. The average Bonchev–Trinajstić information content (AvgIpc) is 2.65. The summed E-state index contributed by atoms with van der Waals surface area (Å²) in [5.74, 6) is -0.636. The zero-order valence-electron chi connectivity index (χ0n) is 16.9. The Hall–Kier alpha value is -3.35. The summed E-state index contributed by atoms with van der Waals surface area (Å²) in [6, 6.07) is 12.6. The minimum Gasteiger partial charge on any atom is -0.494 e. The van der Waals surface area contributed by atoms with Crippen molar-refractivity contribution in [3.8, 4) is 5.75 Å². The van der Waals surface area contributed by atoms with E-state index in [9.17, 15) is 14.4 Å². The normalized spacial score (nSPS) is 10.2. The number of benzene rings is 2. The lowest BCUT2D eigenvalue weighted by atomic mass is 10.1. The zero-order chi connectivity index (χ0) is 21.2. The van der Waals surface area contributed by atoms with Gasteiger partial charge in [0, 0.05) is 17.8 Å². The standard InChI is InChI=1S/C22H26N2O5/c1-4-28-19-7-5-17(6-8-19)23-20(25)9-10-22(27)29-14-21(26)24-18-12-15(2)11-16(3)13-18/h5-8,11-13H,4,9-10,14H2,1-3H3,(H,23,25)(H,24,26). The van der Waals surface area contributed by atoms with Crippen LogP contribution in [0.1, 0.15) is 30.9 Å². The van der Waals surface area contributed by atoms with Crippen LogP contribution in [-0.2, 0) is 19.1 Å². The molecule has 29 heavy (non-hydrogen) atoms. The van der Waals surface area contributed by atoms with Crippen LogP contribution in [0.4, 0.5) is 11.4 Å². The Morgan fingerprint density at radius 2 is 1.45 bits per heavy atom. The first-order chi connectivity index (χ1) is 13.9. The van der Waals surface area contributed by atoms with Gasteiger partial charge in [-0.1, -0.05) is 6.07 Å². The predicted octanol–water partition coefficient (Wildman–Crippen LogP) is 3.60. The molecule has 0 heterocycles. The van der Waals surface area contributed by atoms with E-state index in [4.69, 9.17) is 9.47 Å². The third kappa shape index (κ3) is 8.04. The van der Waals surface area contributed by atoms with E-state index in [1.807, 2.05) is 39.0 Å². The molecule has 7 heteroatoms. The van der Waals surface area contributed by atoms with Crippen LogP contribution in [0, 0.1) is 13.8 Å². The van der Waals surface area contributed by atoms with E-state index in [0.29, 0.717) is 23.7 Å². The third-order valence-corrected chi connectivity index (χ3v) is 3.87. The van der Waals surface area contributed by atoms with Crippen molar-refractivity contribution in [1.29, 1.82) is 0 Å². The van der Waals surface area contributed by atoms with Gasteiger partial charge in [0.15, 0.2) is 6.61 Å². The van der Waals surface area contributed by atoms with Crippen molar-refractivity contribution in [3.63, 3.8) is 0 Å². The second-order valence-corrected chi connectivity index (χ2v) is 6.59. The molecule has 2 aromatic carbocycles. The molecule has 0 bridgehead atoms. The zero-order valence-corrected chi connectivity index (χ0v) is 16.9. The van der Waals surface area contributed by atoms with Crippen molar-refractivity contribution >= 4 is 29.2 Å². The number of amides is 2. The van der Waals surface area contributed by atoms with Gasteiger partial charge in [0.1, 0.15) is 5.75 Å². The Balaban J connectivity index is 1.69. The molecule has 0 unspecified atom stereocenters. The highest BCUT2D eigenvalue weighted by Crippen LogP contribution is 2.16. The number of nitrogens with one attached hydrogen (secondary N) is 2. The van der Waals surface area contributed by atoms with Crippen LogP contribution in [0.2, 0.25) is 0 Å². The van der Waals surface area contributed by atoms with Crippen molar-refractivity contribution in [2.24, 2.45) is 0 Å². The molecule has 2 N–H and O–H groups in total. The number of esters is 1. The van der Waals surface area contributed by atoms with E-state index in [2.05, 4.69) is 10.6 Å². The summed E-state index contributed by atoms with van der Waals surface area (Å²) < 4.78 is 10.3. The van der Waals surface area contributed by atoms with Crippen LogP contribution in [0.15, 0.2) is 42.5 Å². The number of carbonyl (C=O) groups excluding carboxylic acids is 3. The van der Waals surface area contributed by atoms with Crippen molar-refractivity contribution < 1.29 is 23.9 Å². The molecule has 0 radical (unpaired) electrons. The summed E-state index contributed by atoms with van der Waals surface area (Å²) in [4.78, 5) is 35.6. The lowest BCUT2D eigenvalue weighted by Crippen LogP contribution is -2.21. The second kappa shape index (κ2) is 10.8. The van der Waals surface area contributed by atoms with Crippen LogP contribution < -0.4 is 15.4 Å². The fourth-order valence-corrected chi connectivity index (χ4v) is 2.70. The number of aryl methyl sites for hydroxylation is 2. The van der Waals surface area contributed by atoms with Crippen molar-refractivity contribution in [2.45, 2.75) is 33.6 Å². The Bertz CT molecular complexity index is 842. The highest BCUT2D eigenvalue weighted by atomic mass is 16.5. The summed E-state index contributed by atoms with van der Waals surface area (Å²) in [7, 11) is 0. The summed E-state index contributed by atoms with van der Waals surface area (Å²) in [6.45, 7) is 5.92. The Kier molecular flexibility index (Phi) is 8.21. The van der Waals surface area contributed by atoms with Gasteiger partial charge in [0.2, 0.25) is 5.91 Å². The van der Waals surface area contributed by atoms with Crippen LogP contribution in [-0.4, -0.2) is 31.0 Å². The largest absolute Gasteiger partial charge is 0.494 e. The molecule has 154 valence electrons. The van der Waals surface area contributed by atoms with Gasteiger partial charge in [0.25, 0.3) is 5.91 Å². The number of hydrogen-bond acceptors (Lipinski definition) is 5. The van der Waals surface area contributed by atoms with E-state index in [1.165, 1.54) is 0 Å². The third-order valence-electron chi connectivity index (χ3n) is 3.87. The molecule has 0 spiro atoms. The Morgan fingerprint density at radius 3 is 2.07 bits per heavy atom. The van der Waals surface area contributed by atoms with Crippen LogP contribution in [0.3, 0.4) is 0 Å². The monoisotopic (exact) mass is 398 g/mol.